The van der Waals surface area contributed by atoms with Crippen LogP contribution in [0.25, 0.3) is 0 Å². The number of nitrogens with zero attached hydrogens (tertiary/aromatic N) is 1. The van der Waals surface area contributed by atoms with Crippen molar-refractivity contribution >= 4 is 69.6 Å². The number of amides is 3. The van der Waals surface area contributed by atoms with E-state index in [2.05, 4.69) is 10.6 Å². The smallest absolute Gasteiger partial charge is 0.350 e. The molecule has 6 nitrogen and oxygen atoms in total. The van der Waals surface area contributed by atoms with Crippen LogP contribution in [0.1, 0.15) is 15.9 Å². The van der Waals surface area contributed by atoms with E-state index in [4.69, 9.17) is 34.8 Å². The van der Waals surface area contributed by atoms with Gasteiger partial charge in [-0.2, -0.15) is 13.2 Å². The summed E-state index contributed by atoms with van der Waals surface area (Å²) in [6.45, 7) is 0. The number of hydrogen-bond acceptors (Lipinski definition) is 4. The number of carbonyl (C=O) groups is 3. The highest BCUT2D eigenvalue weighted by molar-refractivity contribution is 6.54. The zero-order chi connectivity index (χ0) is 26.2. The molecule has 1 aliphatic rings. The van der Waals surface area contributed by atoms with Crippen LogP contribution >= 0.6 is 34.8 Å². The number of carbonyl (C=O) groups excluding carboxylic acids is 3. The summed E-state index contributed by atoms with van der Waals surface area (Å²) in [7, 11) is 0. The first-order valence-electron chi connectivity index (χ1n) is 10.1. The second-order valence-electron chi connectivity index (χ2n) is 7.44. The van der Waals surface area contributed by atoms with Gasteiger partial charge in [-0.05, 0) is 54.6 Å². The van der Waals surface area contributed by atoms with E-state index in [9.17, 15) is 27.6 Å². The van der Waals surface area contributed by atoms with Crippen molar-refractivity contribution in [2.45, 2.75) is 6.18 Å². The fraction of sp³-hybridized carbons (Fsp3) is 0.0417. The molecule has 1 heterocycles. The van der Waals surface area contributed by atoms with Crippen molar-refractivity contribution in [1.82, 2.24) is 0 Å². The van der Waals surface area contributed by atoms with Gasteiger partial charge in [-0.25, -0.2) is 4.90 Å². The van der Waals surface area contributed by atoms with Crippen molar-refractivity contribution in [3.8, 4) is 0 Å². The predicted molar refractivity (Wildman–Crippen MR) is 131 cm³/mol. The van der Waals surface area contributed by atoms with E-state index in [1.165, 1.54) is 54.6 Å². The van der Waals surface area contributed by atoms with Gasteiger partial charge in [0.25, 0.3) is 17.7 Å². The molecule has 36 heavy (non-hydrogen) atoms. The number of alkyl halides is 3. The van der Waals surface area contributed by atoms with Crippen molar-refractivity contribution in [1.29, 1.82) is 0 Å². The van der Waals surface area contributed by atoms with E-state index >= 15 is 0 Å². The molecule has 1 aliphatic heterocycles. The highest BCUT2D eigenvalue weighted by atomic mass is 35.5. The zero-order valence-corrected chi connectivity index (χ0v) is 20.1. The van der Waals surface area contributed by atoms with Gasteiger partial charge in [-0.3, -0.25) is 14.4 Å². The normalized spacial score (nSPS) is 13.9. The van der Waals surface area contributed by atoms with Gasteiger partial charge < -0.3 is 10.6 Å². The molecule has 3 amide bonds. The lowest BCUT2D eigenvalue weighted by molar-refractivity contribution is -0.137. The molecule has 2 N–H and O–H groups in total. The molecule has 0 radical (unpaired) electrons. The van der Waals surface area contributed by atoms with E-state index in [0.717, 1.165) is 17.0 Å². The van der Waals surface area contributed by atoms with Gasteiger partial charge in [0.1, 0.15) is 10.7 Å². The molecule has 0 fully saturated rings. The lowest BCUT2D eigenvalue weighted by Gasteiger charge is -2.17. The Morgan fingerprint density at radius 1 is 0.833 bits per heavy atom. The van der Waals surface area contributed by atoms with Crippen LogP contribution in [0.3, 0.4) is 0 Å². The Labute approximate surface area is 217 Å². The van der Waals surface area contributed by atoms with Crippen molar-refractivity contribution in [3.63, 3.8) is 0 Å². The average Bonchev–Trinajstić information content (AvgIpc) is 3.04. The standard InChI is InChI=1S/C24H13Cl3F3N3O3/c25-16-5-2-6-17(18(16)26)33-22(35)19(27)20(23(33)36)31-14-9-7-12(8-10-14)21(34)32-15-4-1-3-13(11-15)24(28,29)30/h1-11,31H,(H,32,34). The molecule has 3 aromatic rings. The second-order valence-corrected chi connectivity index (χ2v) is 8.61. The fourth-order valence-electron chi connectivity index (χ4n) is 3.32. The molecule has 0 saturated heterocycles. The monoisotopic (exact) mass is 553 g/mol. The Kier molecular flexibility index (Phi) is 6.99. The maximum atomic E-state index is 12.9. The van der Waals surface area contributed by atoms with E-state index in [-0.39, 0.29) is 37.7 Å². The van der Waals surface area contributed by atoms with E-state index < -0.39 is 29.5 Å². The largest absolute Gasteiger partial charge is 0.416 e. The summed E-state index contributed by atoms with van der Waals surface area (Å²) in [5.41, 5.74) is -0.606. The van der Waals surface area contributed by atoms with Gasteiger partial charge in [0.05, 0.1) is 21.3 Å². The minimum atomic E-state index is -4.54. The Morgan fingerprint density at radius 2 is 1.50 bits per heavy atom. The third-order valence-electron chi connectivity index (χ3n) is 5.06. The van der Waals surface area contributed by atoms with Crippen LogP contribution in [0.4, 0.5) is 30.2 Å². The van der Waals surface area contributed by atoms with E-state index in [0.29, 0.717) is 5.69 Å². The highest BCUT2D eigenvalue weighted by Gasteiger charge is 2.40. The van der Waals surface area contributed by atoms with Gasteiger partial charge in [-0.15, -0.1) is 0 Å². The Bertz CT molecular complexity index is 1420. The van der Waals surface area contributed by atoms with Crippen molar-refractivity contribution < 1.29 is 27.6 Å². The van der Waals surface area contributed by atoms with Crippen LogP contribution in [0.5, 0.6) is 0 Å². The molecule has 0 aliphatic carbocycles. The molecule has 0 spiro atoms. The lowest BCUT2D eigenvalue weighted by atomic mass is 10.1. The maximum Gasteiger partial charge on any atom is 0.416 e. The number of anilines is 3. The quantitative estimate of drug-likeness (QED) is 0.344. The molecule has 3 aromatic carbocycles. The molecule has 4 rings (SSSR count). The average molecular weight is 555 g/mol. The number of imide groups is 1. The third kappa shape index (κ3) is 5.04. The first kappa shape index (κ1) is 25.6. The lowest BCUT2D eigenvalue weighted by Crippen LogP contribution is -2.32. The van der Waals surface area contributed by atoms with Gasteiger partial charge in [0, 0.05) is 16.9 Å². The number of nitrogens with one attached hydrogen (secondary N) is 2. The van der Waals surface area contributed by atoms with Crippen molar-refractivity contribution in [2.75, 3.05) is 15.5 Å². The van der Waals surface area contributed by atoms with Crippen LogP contribution in [0.2, 0.25) is 10.0 Å². The zero-order valence-electron chi connectivity index (χ0n) is 17.8. The van der Waals surface area contributed by atoms with Crippen LogP contribution in [0.15, 0.2) is 77.5 Å². The summed E-state index contributed by atoms with van der Waals surface area (Å²) in [5.74, 6) is -2.21. The topological polar surface area (TPSA) is 78.5 Å². The van der Waals surface area contributed by atoms with Gasteiger partial charge >= 0.3 is 6.18 Å². The summed E-state index contributed by atoms with van der Waals surface area (Å²) in [6.07, 6.45) is -4.54. The molecule has 0 saturated carbocycles. The summed E-state index contributed by atoms with van der Waals surface area (Å²) >= 11 is 18.2. The highest BCUT2D eigenvalue weighted by Crippen LogP contribution is 2.37. The number of benzene rings is 3. The number of rotatable bonds is 5. The molecular weight excluding hydrogens is 542 g/mol. The molecule has 12 heteroatoms. The SMILES string of the molecule is O=C(Nc1cccc(C(F)(F)F)c1)c1ccc(NC2=C(Cl)C(=O)N(c3cccc(Cl)c3Cl)C2=O)cc1. The maximum absolute atomic E-state index is 12.9. The summed E-state index contributed by atoms with van der Waals surface area (Å²) in [4.78, 5) is 38.8. The summed E-state index contributed by atoms with van der Waals surface area (Å²) in [5, 5.41) is 4.92. The van der Waals surface area contributed by atoms with Crippen LogP contribution in [0, 0.1) is 0 Å². The molecule has 0 atom stereocenters. The molecule has 184 valence electrons. The minimum Gasteiger partial charge on any atom is -0.350 e. The number of halogens is 6. The molecular formula is C24H13Cl3F3N3O3. The van der Waals surface area contributed by atoms with Crippen LogP contribution in [-0.2, 0) is 15.8 Å². The van der Waals surface area contributed by atoms with Crippen LogP contribution < -0.4 is 15.5 Å². The van der Waals surface area contributed by atoms with Gasteiger partial charge in [0.15, 0.2) is 0 Å². The molecule has 0 bridgehead atoms. The summed E-state index contributed by atoms with van der Waals surface area (Å²) in [6, 6.07) is 14.3. The Hall–Kier alpha value is -3.53. The van der Waals surface area contributed by atoms with Crippen molar-refractivity contribution in [3.05, 3.63) is 98.6 Å². The van der Waals surface area contributed by atoms with Gasteiger partial charge in [0.2, 0.25) is 0 Å². The number of hydrogen-bond donors (Lipinski definition) is 2. The van der Waals surface area contributed by atoms with Crippen LogP contribution in [-0.4, -0.2) is 17.7 Å². The van der Waals surface area contributed by atoms with Crippen molar-refractivity contribution in [2.24, 2.45) is 0 Å². The second kappa shape index (κ2) is 9.85. The van der Waals surface area contributed by atoms with Gasteiger partial charge in [-0.1, -0.05) is 46.9 Å². The first-order valence-corrected chi connectivity index (χ1v) is 11.2. The minimum absolute atomic E-state index is 0.00252. The van der Waals surface area contributed by atoms with E-state index in [1.54, 1.807) is 0 Å². The Morgan fingerprint density at radius 3 is 2.17 bits per heavy atom. The Balaban J connectivity index is 1.49. The predicted octanol–water partition coefficient (Wildman–Crippen LogP) is 6.70. The summed E-state index contributed by atoms with van der Waals surface area (Å²) < 4.78 is 38.7. The molecule has 0 aromatic heterocycles. The third-order valence-corrected chi connectivity index (χ3v) is 6.22. The fourth-order valence-corrected chi connectivity index (χ4v) is 3.91. The van der Waals surface area contributed by atoms with E-state index in [1.807, 2.05) is 0 Å². The molecule has 0 unspecified atom stereocenters. The first-order chi connectivity index (χ1) is 17.0.